The molecule has 3 rings (SSSR count). The van der Waals surface area contributed by atoms with Gasteiger partial charge in [-0.05, 0) is 36.3 Å². The van der Waals surface area contributed by atoms with Gasteiger partial charge in [-0.25, -0.2) is 0 Å². The van der Waals surface area contributed by atoms with Gasteiger partial charge in [-0.3, -0.25) is 0 Å². The Morgan fingerprint density at radius 2 is 2.00 bits per heavy atom. The van der Waals surface area contributed by atoms with E-state index in [1.165, 1.54) is 32.1 Å². The molecule has 1 heterocycles. The maximum Gasteiger partial charge on any atom is 0.0293 e. The summed E-state index contributed by atoms with van der Waals surface area (Å²) in [6.45, 7) is 0. The Labute approximate surface area is 102 Å². The third-order valence-electron chi connectivity index (χ3n) is 4.02. The normalized spacial score (nSPS) is 23.4. The molecule has 0 saturated heterocycles. The lowest BCUT2D eigenvalue weighted by Gasteiger charge is -2.37. The molecule has 1 heteroatoms. The molecule has 1 aromatic rings. The van der Waals surface area contributed by atoms with Crippen molar-refractivity contribution in [1.29, 1.82) is 0 Å². The van der Waals surface area contributed by atoms with Gasteiger partial charge in [-0.1, -0.05) is 43.6 Å². The molecule has 0 atom stereocenters. The molecule has 1 aromatic heterocycles. The maximum atomic E-state index is 2.44. The highest BCUT2D eigenvalue weighted by Crippen LogP contribution is 2.48. The summed E-state index contributed by atoms with van der Waals surface area (Å²) in [6.07, 6.45) is 15.2. The number of rotatable bonds is 2. The Balaban J connectivity index is 2.03. The van der Waals surface area contributed by atoms with E-state index >= 15 is 0 Å². The van der Waals surface area contributed by atoms with Crippen LogP contribution in [0, 0.1) is 0 Å². The van der Waals surface area contributed by atoms with E-state index in [4.69, 9.17) is 0 Å². The highest BCUT2D eigenvalue weighted by molar-refractivity contribution is 7.10. The van der Waals surface area contributed by atoms with E-state index in [0.717, 1.165) is 6.42 Å². The van der Waals surface area contributed by atoms with Crippen molar-refractivity contribution >= 4 is 11.3 Å². The average molecular weight is 230 g/mol. The molecular weight excluding hydrogens is 212 g/mol. The summed E-state index contributed by atoms with van der Waals surface area (Å²) in [6, 6.07) is 4.54. The molecule has 0 spiro atoms. The lowest BCUT2D eigenvalue weighted by atomic mass is 9.68. The van der Waals surface area contributed by atoms with Crippen molar-refractivity contribution < 1.29 is 0 Å². The molecule has 0 aromatic carbocycles. The zero-order valence-electron chi connectivity index (χ0n) is 9.61. The summed E-state index contributed by atoms with van der Waals surface area (Å²) < 4.78 is 0. The average Bonchev–Trinajstić information content (AvgIpc) is 3.04. The van der Waals surface area contributed by atoms with Crippen LogP contribution in [-0.4, -0.2) is 0 Å². The number of thiophene rings is 1. The second kappa shape index (κ2) is 4.21. The predicted octanol–water partition coefficient (Wildman–Crippen LogP) is 4.84. The van der Waals surface area contributed by atoms with Crippen LogP contribution < -0.4 is 0 Å². The van der Waals surface area contributed by atoms with Crippen LogP contribution in [0.15, 0.2) is 41.3 Å². The molecule has 0 aliphatic heterocycles. The number of hydrogen-bond donors (Lipinski definition) is 0. The molecule has 1 saturated carbocycles. The van der Waals surface area contributed by atoms with Gasteiger partial charge in [0.15, 0.2) is 0 Å². The van der Waals surface area contributed by atoms with E-state index in [1.807, 2.05) is 11.3 Å². The van der Waals surface area contributed by atoms with Crippen molar-refractivity contribution in [3.63, 3.8) is 0 Å². The van der Waals surface area contributed by atoms with Crippen molar-refractivity contribution in [1.82, 2.24) is 0 Å². The summed E-state index contributed by atoms with van der Waals surface area (Å²) >= 11 is 1.94. The topological polar surface area (TPSA) is 0 Å². The smallest absolute Gasteiger partial charge is 0.0293 e. The fourth-order valence-corrected chi connectivity index (χ4v) is 4.20. The summed E-state index contributed by atoms with van der Waals surface area (Å²) in [5.74, 6) is 0. The third kappa shape index (κ3) is 1.58. The van der Waals surface area contributed by atoms with Crippen LogP contribution in [0.4, 0.5) is 0 Å². The largest absolute Gasteiger partial charge is 0.148 e. The van der Waals surface area contributed by atoms with Crippen LogP contribution in [0.25, 0.3) is 0 Å². The molecule has 1 fully saturated rings. The van der Waals surface area contributed by atoms with Crippen LogP contribution in [0.1, 0.15) is 43.4 Å². The van der Waals surface area contributed by atoms with Gasteiger partial charge in [0.05, 0.1) is 0 Å². The number of allylic oxidation sites excluding steroid dienone is 4. The molecule has 0 amide bonds. The SMILES string of the molecule is C1=CC(C2(c3cccs3)CCCCC2)=CC1. The fourth-order valence-electron chi connectivity index (χ4n) is 3.20. The first-order chi connectivity index (χ1) is 7.92. The van der Waals surface area contributed by atoms with Crippen LogP contribution in [-0.2, 0) is 5.41 Å². The van der Waals surface area contributed by atoms with E-state index in [1.54, 1.807) is 10.5 Å². The quantitative estimate of drug-likeness (QED) is 0.682. The van der Waals surface area contributed by atoms with Gasteiger partial charge < -0.3 is 0 Å². The molecule has 0 nitrogen and oxygen atoms in total. The zero-order valence-corrected chi connectivity index (χ0v) is 10.4. The molecule has 2 aliphatic rings. The molecule has 0 unspecified atom stereocenters. The van der Waals surface area contributed by atoms with Crippen LogP contribution in [0.2, 0.25) is 0 Å². The van der Waals surface area contributed by atoms with E-state index in [9.17, 15) is 0 Å². The summed E-state index contributed by atoms with van der Waals surface area (Å²) in [4.78, 5) is 1.59. The lowest BCUT2D eigenvalue weighted by Crippen LogP contribution is -2.29. The molecule has 84 valence electrons. The van der Waals surface area contributed by atoms with Gasteiger partial charge in [-0.2, -0.15) is 0 Å². The van der Waals surface area contributed by atoms with Crippen molar-refractivity contribution in [3.8, 4) is 0 Å². The lowest BCUT2D eigenvalue weighted by molar-refractivity contribution is 0.351. The van der Waals surface area contributed by atoms with Crippen molar-refractivity contribution in [2.24, 2.45) is 0 Å². The Morgan fingerprint density at radius 1 is 1.12 bits per heavy atom. The number of hydrogen-bond acceptors (Lipinski definition) is 1. The van der Waals surface area contributed by atoms with Crippen molar-refractivity contribution in [2.75, 3.05) is 0 Å². The Kier molecular flexibility index (Phi) is 2.72. The van der Waals surface area contributed by atoms with Crippen LogP contribution in [0.3, 0.4) is 0 Å². The first-order valence-electron chi connectivity index (χ1n) is 6.33. The first kappa shape index (κ1) is 10.3. The van der Waals surface area contributed by atoms with Crippen molar-refractivity contribution in [3.05, 3.63) is 46.2 Å². The van der Waals surface area contributed by atoms with E-state index in [-0.39, 0.29) is 0 Å². The highest BCUT2D eigenvalue weighted by Gasteiger charge is 2.37. The summed E-state index contributed by atoms with van der Waals surface area (Å²) in [5, 5.41) is 2.23. The molecule has 0 radical (unpaired) electrons. The molecule has 2 aliphatic carbocycles. The van der Waals surface area contributed by atoms with Gasteiger partial charge in [0.2, 0.25) is 0 Å². The minimum Gasteiger partial charge on any atom is -0.148 e. The van der Waals surface area contributed by atoms with Gasteiger partial charge in [-0.15, -0.1) is 11.3 Å². The molecule has 16 heavy (non-hydrogen) atoms. The van der Waals surface area contributed by atoms with E-state index in [0.29, 0.717) is 5.41 Å². The standard InChI is InChI=1S/C15H18S/c1-4-10-15(11-5-1,13-7-2-3-8-13)14-9-6-12-16-14/h2,6-9,12H,1,3-5,10-11H2. The monoisotopic (exact) mass is 230 g/mol. The van der Waals surface area contributed by atoms with Crippen molar-refractivity contribution in [2.45, 2.75) is 43.9 Å². The highest BCUT2D eigenvalue weighted by atomic mass is 32.1. The van der Waals surface area contributed by atoms with Gasteiger partial charge in [0.25, 0.3) is 0 Å². The molecule has 0 bridgehead atoms. The summed E-state index contributed by atoms with van der Waals surface area (Å²) in [7, 11) is 0. The molecule has 0 N–H and O–H groups in total. The van der Waals surface area contributed by atoms with E-state index in [2.05, 4.69) is 35.7 Å². The van der Waals surface area contributed by atoms with E-state index < -0.39 is 0 Å². The third-order valence-corrected chi connectivity index (χ3v) is 5.10. The zero-order chi connectivity index (χ0) is 10.8. The molecular formula is C15H18S. The van der Waals surface area contributed by atoms with Gasteiger partial charge in [0, 0.05) is 10.3 Å². The maximum absolute atomic E-state index is 2.44. The second-order valence-electron chi connectivity index (χ2n) is 4.92. The summed E-state index contributed by atoms with van der Waals surface area (Å²) in [5.41, 5.74) is 1.97. The van der Waals surface area contributed by atoms with Gasteiger partial charge in [0.1, 0.15) is 0 Å². The predicted molar refractivity (Wildman–Crippen MR) is 70.9 cm³/mol. The first-order valence-corrected chi connectivity index (χ1v) is 7.21. The Bertz CT molecular complexity index is 403. The van der Waals surface area contributed by atoms with Crippen LogP contribution in [0.5, 0.6) is 0 Å². The minimum absolute atomic E-state index is 0.374. The van der Waals surface area contributed by atoms with Gasteiger partial charge >= 0.3 is 0 Å². The fraction of sp³-hybridized carbons (Fsp3) is 0.467. The Morgan fingerprint density at radius 3 is 2.62 bits per heavy atom. The second-order valence-corrected chi connectivity index (χ2v) is 5.87. The minimum atomic E-state index is 0.374. The van der Waals surface area contributed by atoms with Crippen LogP contribution >= 0.6 is 11.3 Å². The Hall–Kier alpha value is -0.820.